The van der Waals surface area contributed by atoms with E-state index in [-0.39, 0.29) is 23.6 Å². The van der Waals surface area contributed by atoms with Gasteiger partial charge in [0, 0.05) is 14.1 Å². The molecular weight excluding hydrogens is 412 g/mol. The third-order valence-corrected chi connectivity index (χ3v) is 8.66. The van der Waals surface area contributed by atoms with Crippen molar-refractivity contribution in [2.24, 2.45) is 23.7 Å². The average molecular weight is 430 g/mol. The van der Waals surface area contributed by atoms with Crippen molar-refractivity contribution in [1.29, 1.82) is 0 Å². The number of carbonyl (C=O) groups excluding carboxylic acids is 4. The van der Waals surface area contributed by atoms with Gasteiger partial charge in [0.2, 0.25) is 23.6 Å². The van der Waals surface area contributed by atoms with Gasteiger partial charge in [-0.2, -0.15) is 0 Å². The van der Waals surface area contributed by atoms with Crippen LogP contribution in [0.4, 0.5) is 0 Å². The second-order valence-corrected chi connectivity index (χ2v) is 9.76. The summed E-state index contributed by atoms with van der Waals surface area (Å²) in [4.78, 5) is 53.3. The Balaban J connectivity index is 1.33. The largest absolute Gasteiger partial charge is 0.364 e. The maximum Gasteiger partial charge on any atom is 0.235 e. The fourth-order valence-corrected chi connectivity index (χ4v) is 7.30. The van der Waals surface area contributed by atoms with Crippen LogP contribution >= 0.6 is 0 Å². The first-order valence-corrected chi connectivity index (χ1v) is 10.9. The lowest BCUT2D eigenvalue weighted by molar-refractivity contribution is -0.143. The predicted molar refractivity (Wildman–Crippen MR) is 107 cm³/mol. The summed E-state index contributed by atoms with van der Waals surface area (Å²) in [5, 5.41) is 1.94. The lowest BCUT2D eigenvalue weighted by Crippen LogP contribution is -2.28. The molecule has 4 fully saturated rings. The Hall–Kier alpha value is -3.10. The molecule has 2 aromatic rings. The van der Waals surface area contributed by atoms with Crippen molar-refractivity contribution in [3.63, 3.8) is 0 Å². The Morgan fingerprint density at radius 2 is 0.906 bits per heavy atom. The summed E-state index contributed by atoms with van der Waals surface area (Å²) in [7, 11) is 3.08. The number of likely N-dealkylation sites (tertiary alicyclic amines) is 2. The van der Waals surface area contributed by atoms with E-state index in [0.29, 0.717) is 0 Å². The zero-order valence-corrected chi connectivity index (χ0v) is 17.3. The van der Waals surface area contributed by atoms with Gasteiger partial charge in [-0.15, -0.1) is 0 Å². The second-order valence-electron chi connectivity index (χ2n) is 9.76. The van der Waals surface area contributed by atoms with Crippen molar-refractivity contribution in [1.82, 2.24) is 9.80 Å². The van der Waals surface area contributed by atoms with E-state index in [9.17, 15) is 19.2 Å². The molecule has 6 aliphatic rings. The van der Waals surface area contributed by atoms with Crippen LogP contribution in [0.15, 0.2) is 24.3 Å². The molecule has 0 radical (unpaired) electrons. The number of hydrogen-bond acceptors (Lipinski definition) is 6. The van der Waals surface area contributed by atoms with Gasteiger partial charge in [0.05, 0.1) is 48.1 Å². The van der Waals surface area contributed by atoms with Gasteiger partial charge in [-0.1, -0.05) is 24.3 Å². The van der Waals surface area contributed by atoms with Crippen LogP contribution in [0, 0.1) is 23.7 Å². The Labute approximate surface area is 182 Å². The highest BCUT2D eigenvalue weighted by Gasteiger charge is 2.66. The standard InChI is InChI=1S/C24H18N2O6/c1-25-21(27)13-15(23(25)29)19-11-7-4-6-10-12(8(7)3-5-9(11)17(13)31-19)20-16-14(18(10)32-20)22(28)26(2)24(16)30/h3-6,13-20H,1-2H3. The number of rotatable bonds is 0. The van der Waals surface area contributed by atoms with Crippen molar-refractivity contribution in [2.75, 3.05) is 14.1 Å². The molecule has 4 amide bonds. The fraction of sp³-hybridized carbons (Fsp3) is 0.417. The van der Waals surface area contributed by atoms with Gasteiger partial charge < -0.3 is 9.47 Å². The summed E-state index contributed by atoms with van der Waals surface area (Å²) >= 11 is 0. The molecule has 0 spiro atoms. The van der Waals surface area contributed by atoms with Crippen LogP contribution in [0.25, 0.3) is 10.8 Å². The number of nitrogens with zero attached hydrogens (tertiary/aromatic N) is 2. The fourth-order valence-electron chi connectivity index (χ4n) is 7.30. The smallest absolute Gasteiger partial charge is 0.235 e. The molecule has 6 aliphatic heterocycles. The number of amides is 4. The van der Waals surface area contributed by atoms with E-state index in [1.807, 2.05) is 24.3 Å². The summed E-state index contributed by atoms with van der Waals surface area (Å²) in [5.74, 6) is -2.56. The van der Waals surface area contributed by atoms with Crippen LogP contribution in [0.2, 0.25) is 0 Å². The van der Waals surface area contributed by atoms with Gasteiger partial charge in [0.1, 0.15) is 0 Å². The first kappa shape index (κ1) is 17.5. The molecule has 8 rings (SSSR count). The number of hydrogen-bond donors (Lipinski definition) is 0. The van der Waals surface area contributed by atoms with E-state index < -0.39 is 48.1 Å². The summed E-state index contributed by atoms with van der Waals surface area (Å²) in [5.41, 5.74) is 3.87. The average Bonchev–Trinajstić information content (AvgIpc) is 3.61. The van der Waals surface area contributed by atoms with Crippen LogP contribution < -0.4 is 0 Å². The first-order valence-electron chi connectivity index (χ1n) is 10.9. The summed E-state index contributed by atoms with van der Waals surface area (Å²) in [6, 6.07) is 8.01. The minimum Gasteiger partial charge on any atom is -0.364 e. The number of ether oxygens (including phenoxy) is 2. The maximum atomic E-state index is 12.8. The minimum absolute atomic E-state index is 0.169. The summed E-state index contributed by atoms with van der Waals surface area (Å²) in [6.07, 6.45) is -1.70. The zero-order chi connectivity index (χ0) is 21.8. The molecule has 8 heteroatoms. The van der Waals surface area contributed by atoms with E-state index in [1.165, 1.54) is 9.80 Å². The van der Waals surface area contributed by atoms with E-state index in [1.54, 1.807) is 14.1 Å². The predicted octanol–water partition coefficient (Wildman–Crippen LogP) is 1.55. The quantitative estimate of drug-likeness (QED) is 0.589. The van der Waals surface area contributed by atoms with Gasteiger partial charge in [-0.25, -0.2) is 0 Å². The third kappa shape index (κ3) is 1.58. The molecule has 0 aromatic heterocycles. The van der Waals surface area contributed by atoms with Crippen molar-refractivity contribution < 1.29 is 28.7 Å². The number of carbonyl (C=O) groups is 4. The van der Waals surface area contributed by atoms with Gasteiger partial charge in [-0.05, 0) is 33.0 Å². The molecule has 0 aliphatic carbocycles. The molecule has 8 atom stereocenters. The van der Waals surface area contributed by atoms with Crippen molar-refractivity contribution in [3.8, 4) is 0 Å². The minimum atomic E-state index is -0.483. The number of fused-ring (bicyclic) bond motifs is 19. The van der Waals surface area contributed by atoms with Gasteiger partial charge in [0.25, 0.3) is 0 Å². The Morgan fingerprint density at radius 3 is 1.28 bits per heavy atom. The molecular formula is C24H18N2O6. The van der Waals surface area contributed by atoms with Crippen LogP contribution in [-0.4, -0.2) is 47.5 Å². The monoisotopic (exact) mass is 430 g/mol. The maximum absolute atomic E-state index is 12.8. The van der Waals surface area contributed by atoms with Gasteiger partial charge in [-0.3, -0.25) is 29.0 Å². The van der Waals surface area contributed by atoms with Crippen LogP contribution in [0.5, 0.6) is 0 Å². The Kier molecular flexibility index (Phi) is 2.78. The van der Waals surface area contributed by atoms with Gasteiger partial charge in [0.15, 0.2) is 0 Å². The van der Waals surface area contributed by atoms with Crippen molar-refractivity contribution in [3.05, 3.63) is 46.5 Å². The van der Waals surface area contributed by atoms with Crippen molar-refractivity contribution >= 4 is 34.4 Å². The highest BCUT2D eigenvalue weighted by Crippen LogP contribution is 2.64. The lowest BCUT2D eigenvalue weighted by atomic mass is 9.72. The first-order chi connectivity index (χ1) is 15.4. The highest BCUT2D eigenvalue weighted by molar-refractivity contribution is 6.08. The second kappa shape index (κ2) is 5.10. The normalized spacial score (nSPS) is 40.1. The molecule has 4 bridgehead atoms. The molecule has 0 N–H and O–H groups in total. The molecule has 8 unspecified atom stereocenters. The SMILES string of the molecule is CN1C(=O)C2C3OC(c4c3ccc3c5c(ccc43)C3OC5C4C(=O)N(C)C(=O)C34)C2C1=O. The van der Waals surface area contributed by atoms with E-state index in [2.05, 4.69) is 0 Å². The Bertz CT molecular complexity index is 1260. The molecule has 4 saturated heterocycles. The summed E-state index contributed by atoms with van der Waals surface area (Å²) < 4.78 is 12.4. The third-order valence-electron chi connectivity index (χ3n) is 8.66. The van der Waals surface area contributed by atoms with E-state index in [4.69, 9.17) is 9.47 Å². The topological polar surface area (TPSA) is 93.2 Å². The molecule has 160 valence electrons. The Morgan fingerprint density at radius 1 is 0.562 bits per heavy atom. The zero-order valence-electron chi connectivity index (χ0n) is 17.3. The molecule has 2 aromatic carbocycles. The highest BCUT2D eigenvalue weighted by atomic mass is 16.5. The molecule has 0 saturated carbocycles. The number of imide groups is 2. The van der Waals surface area contributed by atoms with Crippen LogP contribution in [-0.2, 0) is 28.7 Å². The van der Waals surface area contributed by atoms with Crippen LogP contribution in [0.3, 0.4) is 0 Å². The molecule has 6 heterocycles. The van der Waals surface area contributed by atoms with Crippen molar-refractivity contribution in [2.45, 2.75) is 24.4 Å². The number of benzene rings is 2. The van der Waals surface area contributed by atoms with E-state index >= 15 is 0 Å². The lowest BCUT2D eigenvalue weighted by Gasteiger charge is -2.25. The summed E-state index contributed by atoms with van der Waals surface area (Å²) in [6.45, 7) is 0. The van der Waals surface area contributed by atoms with Gasteiger partial charge >= 0.3 is 0 Å². The molecule has 8 nitrogen and oxygen atoms in total. The van der Waals surface area contributed by atoms with Crippen LogP contribution in [0.1, 0.15) is 46.7 Å². The van der Waals surface area contributed by atoms with E-state index in [0.717, 1.165) is 33.0 Å². The molecule has 32 heavy (non-hydrogen) atoms.